The highest BCUT2D eigenvalue weighted by atomic mass is 16.4. The Kier molecular flexibility index (Phi) is 3.01. The third-order valence-corrected chi connectivity index (χ3v) is 2.74. The van der Waals surface area contributed by atoms with Crippen molar-refractivity contribution in [1.82, 2.24) is 4.90 Å². The highest BCUT2D eigenvalue weighted by Gasteiger charge is 2.20. The number of nitrogens with one attached hydrogen (secondary N) is 1. The van der Waals surface area contributed by atoms with Crippen LogP contribution >= 0.6 is 0 Å². The van der Waals surface area contributed by atoms with Gasteiger partial charge in [0, 0.05) is 19.3 Å². The molecule has 0 saturated heterocycles. The highest BCUT2D eigenvalue weighted by Crippen LogP contribution is 2.24. The average Bonchev–Trinajstić information content (AvgIpc) is 2.67. The van der Waals surface area contributed by atoms with Crippen LogP contribution in [0.4, 0.5) is 5.69 Å². The summed E-state index contributed by atoms with van der Waals surface area (Å²) in [6.07, 6.45) is 0.319. The molecule has 0 unspecified atom stereocenters. The van der Waals surface area contributed by atoms with E-state index < -0.39 is 11.9 Å². The Morgan fingerprint density at radius 1 is 1.44 bits per heavy atom. The molecule has 1 aromatic carbocycles. The summed E-state index contributed by atoms with van der Waals surface area (Å²) < 4.78 is 0. The highest BCUT2D eigenvalue weighted by molar-refractivity contribution is 6.31. The van der Waals surface area contributed by atoms with Gasteiger partial charge in [-0.2, -0.15) is 0 Å². The summed E-state index contributed by atoms with van der Waals surface area (Å²) in [5.41, 5.74) is 2.44. The van der Waals surface area contributed by atoms with Crippen molar-refractivity contribution in [2.45, 2.75) is 13.0 Å². The molecule has 1 aliphatic heterocycles. The number of nitrogens with zero attached hydrogens (tertiary/aromatic N) is 1. The Bertz CT molecular complexity index is 539. The van der Waals surface area contributed by atoms with E-state index in [2.05, 4.69) is 5.32 Å². The molecule has 1 aromatic rings. The van der Waals surface area contributed by atoms with E-state index in [4.69, 9.17) is 5.11 Å². The van der Waals surface area contributed by atoms with Crippen LogP contribution in [0, 0.1) is 0 Å². The largest absolute Gasteiger partial charge is 0.474 e. The van der Waals surface area contributed by atoms with Crippen molar-refractivity contribution in [2.24, 2.45) is 0 Å². The van der Waals surface area contributed by atoms with E-state index in [1.165, 1.54) is 7.05 Å². The summed E-state index contributed by atoms with van der Waals surface area (Å²) in [5.74, 6) is -2.49. The summed E-state index contributed by atoms with van der Waals surface area (Å²) in [6, 6.07) is 5.32. The number of likely N-dealkylation sites (N-methyl/N-ethyl adjacent to an activating group) is 1. The molecule has 0 bridgehead atoms. The molecule has 0 atom stereocenters. The number of benzene rings is 1. The number of anilines is 1. The van der Waals surface area contributed by atoms with Crippen molar-refractivity contribution in [3.05, 3.63) is 29.3 Å². The summed E-state index contributed by atoms with van der Waals surface area (Å²) in [6.45, 7) is 0.201. The molecule has 1 heterocycles. The normalized spacial score (nSPS) is 12.8. The van der Waals surface area contributed by atoms with Crippen molar-refractivity contribution < 1.29 is 19.5 Å². The molecule has 2 N–H and O–H groups in total. The van der Waals surface area contributed by atoms with E-state index in [0.717, 1.165) is 21.7 Å². The zero-order valence-corrected chi connectivity index (χ0v) is 9.77. The molecule has 2 amide bonds. The van der Waals surface area contributed by atoms with E-state index in [1.807, 2.05) is 0 Å². The number of hydrogen-bond donors (Lipinski definition) is 2. The Labute approximate surface area is 103 Å². The number of rotatable bonds is 2. The number of amides is 2. The van der Waals surface area contributed by atoms with Crippen molar-refractivity contribution in [1.29, 1.82) is 0 Å². The maximum Gasteiger partial charge on any atom is 0.394 e. The quantitative estimate of drug-likeness (QED) is 0.733. The lowest BCUT2D eigenvalue weighted by molar-refractivity contribution is -0.155. The van der Waals surface area contributed by atoms with Crippen LogP contribution < -0.4 is 5.32 Å². The Balaban J connectivity index is 2.12. The van der Waals surface area contributed by atoms with Gasteiger partial charge in [-0.1, -0.05) is 12.1 Å². The predicted octanol–water partition coefficient (Wildman–Crippen LogP) is 0.224. The fourth-order valence-corrected chi connectivity index (χ4v) is 1.89. The zero-order chi connectivity index (χ0) is 13.3. The summed E-state index contributed by atoms with van der Waals surface area (Å²) in [5, 5.41) is 11.3. The second-order valence-corrected chi connectivity index (χ2v) is 4.18. The summed E-state index contributed by atoms with van der Waals surface area (Å²) in [7, 11) is 1.42. The average molecular weight is 248 g/mol. The minimum absolute atomic E-state index is 0.0582. The number of carboxylic acids is 1. The summed E-state index contributed by atoms with van der Waals surface area (Å²) >= 11 is 0. The van der Waals surface area contributed by atoms with Crippen molar-refractivity contribution in [3.8, 4) is 0 Å². The standard InChI is InChI=1S/C12H12N2O4/c1-14(11(16)12(17)18)6-7-2-3-9-8(4-7)5-10(15)13-9/h2-4H,5-6H2,1H3,(H,13,15)(H,17,18). The molecule has 94 valence electrons. The van der Waals surface area contributed by atoms with Crippen molar-refractivity contribution in [2.75, 3.05) is 12.4 Å². The molecule has 0 spiro atoms. The minimum Gasteiger partial charge on any atom is -0.474 e. The lowest BCUT2D eigenvalue weighted by Crippen LogP contribution is -2.32. The molecule has 0 aromatic heterocycles. The fourth-order valence-electron chi connectivity index (χ4n) is 1.89. The van der Waals surface area contributed by atoms with Crippen molar-refractivity contribution in [3.63, 3.8) is 0 Å². The third-order valence-electron chi connectivity index (χ3n) is 2.74. The van der Waals surface area contributed by atoms with Gasteiger partial charge in [0.05, 0.1) is 6.42 Å². The van der Waals surface area contributed by atoms with E-state index in [1.54, 1.807) is 18.2 Å². The lowest BCUT2D eigenvalue weighted by atomic mass is 10.1. The number of carboxylic acid groups (broad SMARTS) is 1. The topological polar surface area (TPSA) is 86.7 Å². The van der Waals surface area contributed by atoms with Crippen LogP contribution in [0.2, 0.25) is 0 Å². The first-order valence-corrected chi connectivity index (χ1v) is 5.37. The van der Waals surface area contributed by atoms with Crippen LogP contribution in [0.15, 0.2) is 18.2 Å². The van der Waals surface area contributed by atoms with Gasteiger partial charge in [-0.15, -0.1) is 0 Å². The van der Waals surface area contributed by atoms with Crippen LogP contribution in [0.3, 0.4) is 0 Å². The number of aliphatic carboxylic acids is 1. The van der Waals surface area contributed by atoms with Crippen LogP contribution in [0.1, 0.15) is 11.1 Å². The van der Waals surface area contributed by atoms with Crippen LogP contribution in [0.25, 0.3) is 0 Å². The molecule has 2 rings (SSSR count). The van der Waals surface area contributed by atoms with Gasteiger partial charge in [-0.05, 0) is 17.2 Å². The predicted molar refractivity (Wildman–Crippen MR) is 62.9 cm³/mol. The number of carbonyl (C=O) groups is 3. The second kappa shape index (κ2) is 4.48. The maximum atomic E-state index is 11.2. The van der Waals surface area contributed by atoms with Gasteiger partial charge in [-0.25, -0.2) is 4.79 Å². The second-order valence-electron chi connectivity index (χ2n) is 4.18. The Morgan fingerprint density at radius 2 is 2.17 bits per heavy atom. The molecular weight excluding hydrogens is 236 g/mol. The third kappa shape index (κ3) is 2.32. The van der Waals surface area contributed by atoms with E-state index in [-0.39, 0.29) is 12.5 Å². The fraction of sp³-hybridized carbons (Fsp3) is 0.250. The van der Waals surface area contributed by atoms with Crippen LogP contribution in [-0.2, 0) is 27.3 Å². The molecule has 6 nitrogen and oxygen atoms in total. The molecule has 0 saturated carbocycles. The van der Waals surface area contributed by atoms with E-state index in [9.17, 15) is 14.4 Å². The SMILES string of the molecule is CN(Cc1ccc2c(c1)CC(=O)N2)C(=O)C(=O)O. The van der Waals surface area contributed by atoms with Gasteiger partial charge >= 0.3 is 11.9 Å². The first kappa shape index (κ1) is 12.1. The molecule has 1 aliphatic rings. The Morgan fingerprint density at radius 3 is 2.83 bits per heavy atom. The number of fused-ring (bicyclic) bond motifs is 1. The maximum absolute atomic E-state index is 11.2. The Hall–Kier alpha value is -2.37. The van der Waals surface area contributed by atoms with E-state index >= 15 is 0 Å². The van der Waals surface area contributed by atoms with Gasteiger partial charge in [-0.3, -0.25) is 9.59 Å². The van der Waals surface area contributed by atoms with Gasteiger partial charge < -0.3 is 15.3 Å². The van der Waals surface area contributed by atoms with Gasteiger partial charge in [0.25, 0.3) is 0 Å². The van der Waals surface area contributed by atoms with E-state index in [0.29, 0.717) is 6.42 Å². The molecule has 0 fully saturated rings. The van der Waals surface area contributed by atoms with Gasteiger partial charge in [0.2, 0.25) is 5.91 Å². The van der Waals surface area contributed by atoms with Gasteiger partial charge in [0.15, 0.2) is 0 Å². The first-order valence-electron chi connectivity index (χ1n) is 5.37. The van der Waals surface area contributed by atoms with Gasteiger partial charge in [0.1, 0.15) is 0 Å². The van der Waals surface area contributed by atoms with Crippen molar-refractivity contribution >= 4 is 23.5 Å². The minimum atomic E-state index is -1.48. The van der Waals surface area contributed by atoms with Crippen LogP contribution in [0.5, 0.6) is 0 Å². The lowest BCUT2D eigenvalue weighted by Gasteiger charge is -2.15. The number of hydrogen-bond acceptors (Lipinski definition) is 3. The number of carbonyl (C=O) groups excluding carboxylic acids is 2. The smallest absolute Gasteiger partial charge is 0.394 e. The molecule has 18 heavy (non-hydrogen) atoms. The summed E-state index contributed by atoms with van der Waals surface area (Å²) in [4.78, 5) is 34.0. The zero-order valence-electron chi connectivity index (χ0n) is 9.77. The molecule has 6 heteroatoms. The first-order chi connectivity index (χ1) is 8.47. The van der Waals surface area contributed by atoms with Crippen LogP contribution in [-0.4, -0.2) is 34.8 Å². The monoisotopic (exact) mass is 248 g/mol. The molecule has 0 radical (unpaired) electrons. The molecular formula is C12H12N2O4. The molecule has 0 aliphatic carbocycles.